The fourth-order valence-corrected chi connectivity index (χ4v) is 8.65. The van der Waals surface area contributed by atoms with Gasteiger partial charge in [-0.1, -0.05) is 273 Å². The van der Waals surface area contributed by atoms with Crippen molar-refractivity contribution in [2.24, 2.45) is 17.8 Å². The van der Waals surface area contributed by atoms with Gasteiger partial charge in [0, 0.05) is 19.3 Å². The van der Waals surface area contributed by atoms with E-state index in [9.17, 15) is 14.4 Å². The molecule has 0 N–H and O–H groups in total. The highest BCUT2D eigenvalue weighted by molar-refractivity contribution is 5.71. The van der Waals surface area contributed by atoms with Crippen LogP contribution in [0.2, 0.25) is 0 Å². The maximum atomic E-state index is 12.8. The second-order valence-corrected chi connectivity index (χ2v) is 21.0. The molecule has 0 fully saturated rings. The summed E-state index contributed by atoms with van der Waals surface area (Å²) in [7, 11) is 0. The van der Waals surface area contributed by atoms with E-state index in [4.69, 9.17) is 14.2 Å². The molecule has 0 rings (SSSR count). The van der Waals surface area contributed by atoms with Crippen molar-refractivity contribution >= 4 is 17.9 Å². The summed E-state index contributed by atoms with van der Waals surface area (Å²) in [5.41, 5.74) is 0. The fraction of sp³-hybridized carbons (Fsp3) is 0.947. The minimum atomic E-state index is -0.763. The van der Waals surface area contributed by atoms with Gasteiger partial charge in [0.05, 0.1) is 0 Å². The van der Waals surface area contributed by atoms with Gasteiger partial charge in [0.15, 0.2) is 6.10 Å². The van der Waals surface area contributed by atoms with Gasteiger partial charge in [-0.25, -0.2) is 0 Å². The van der Waals surface area contributed by atoms with Crippen LogP contribution in [0.25, 0.3) is 0 Å². The van der Waals surface area contributed by atoms with E-state index in [0.29, 0.717) is 19.3 Å². The van der Waals surface area contributed by atoms with Gasteiger partial charge in [-0.05, 0) is 37.0 Å². The van der Waals surface area contributed by atoms with Crippen LogP contribution >= 0.6 is 0 Å². The highest BCUT2D eigenvalue weighted by Crippen LogP contribution is 2.18. The monoisotopic (exact) mass is 891 g/mol. The van der Waals surface area contributed by atoms with Crippen LogP contribution in [0.4, 0.5) is 0 Å². The number of rotatable bonds is 50. The summed E-state index contributed by atoms with van der Waals surface area (Å²) >= 11 is 0. The van der Waals surface area contributed by atoms with E-state index in [2.05, 4.69) is 41.5 Å². The predicted octanol–water partition coefficient (Wildman–Crippen LogP) is 18.3. The molecule has 0 spiro atoms. The first-order valence-electron chi connectivity index (χ1n) is 28.1. The molecule has 6 heteroatoms. The van der Waals surface area contributed by atoms with E-state index in [0.717, 1.165) is 75.5 Å². The predicted molar refractivity (Wildman–Crippen MR) is 270 cm³/mol. The molecular formula is C57H110O6. The van der Waals surface area contributed by atoms with Crippen molar-refractivity contribution in [1.82, 2.24) is 0 Å². The van der Waals surface area contributed by atoms with E-state index in [1.54, 1.807) is 0 Å². The quantitative estimate of drug-likeness (QED) is 0.0344. The molecule has 0 aliphatic rings. The smallest absolute Gasteiger partial charge is 0.306 e. The van der Waals surface area contributed by atoms with Crippen LogP contribution in [0.15, 0.2) is 0 Å². The average molecular weight is 892 g/mol. The van der Waals surface area contributed by atoms with E-state index in [1.165, 1.54) is 193 Å². The van der Waals surface area contributed by atoms with Gasteiger partial charge in [0.2, 0.25) is 0 Å². The molecule has 0 saturated carbocycles. The van der Waals surface area contributed by atoms with Crippen molar-refractivity contribution in [3.8, 4) is 0 Å². The first-order chi connectivity index (χ1) is 30.6. The van der Waals surface area contributed by atoms with E-state index in [1.807, 2.05) is 0 Å². The molecule has 0 saturated heterocycles. The van der Waals surface area contributed by atoms with Crippen molar-refractivity contribution in [3.63, 3.8) is 0 Å². The molecule has 1 atom stereocenters. The van der Waals surface area contributed by atoms with Crippen molar-refractivity contribution < 1.29 is 28.6 Å². The van der Waals surface area contributed by atoms with Crippen LogP contribution in [-0.4, -0.2) is 37.2 Å². The molecular weight excluding hydrogens is 781 g/mol. The van der Waals surface area contributed by atoms with Gasteiger partial charge in [-0.3, -0.25) is 14.4 Å². The molecule has 0 aromatic rings. The van der Waals surface area contributed by atoms with Crippen molar-refractivity contribution in [3.05, 3.63) is 0 Å². The topological polar surface area (TPSA) is 78.9 Å². The molecule has 0 bridgehead atoms. The highest BCUT2D eigenvalue weighted by Gasteiger charge is 2.19. The van der Waals surface area contributed by atoms with E-state index >= 15 is 0 Å². The first kappa shape index (κ1) is 61.4. The molecule has 0 aliphatic carbocycles. The van der Waals surface area contributed by atoms with Crippen molar-refractivity contribution in [2.45, 2.75) is 317 Å². The second-order valence-electron chi connectivity index (χ2n) is 21.0. The standard InChI is InChI=1S/C57H110O6/c1-51(2)43-37-31-25-19-14-11-9-7-8-10-12-16-23-30-36-42-48-57(60)63-54(50-62-56(59)47-41-35-29-24-18-21-27-33-39-45-53(5)6)49-61-55(58)46-40-34-28-22-17-13-15-20-26-32-38-44-52(3)4/h51-54H,7-50H2,1-6H3/t54-/m1/s1. The van der Waals surface area contributed by atoms with Crippen LogP contribution in [0, 0.1) is 17.8 Å². The maximum absolute atomic E-state index is 12.8. The minimum absolute atomic E-state index is 0.0641. The summed E-state index contributed by atoms with van der Waals surface area (Å²) in [4.78, 5) is 38.1. The van der Waals surface area contributed by atoms with Crippen LogP contribution < -0.4 is 0 Å². The lowest BCUT2D eigenvalue weighted by Gasteiger charge is -2.18. The zero-order valence-corrected chi connectivity index (χ0v) is 43.4. The lowest BCUT2D eigenvalue weighted by atomic mass is 10.0. The largest absolute Gasteiger partial charge is 0.462 e. The van der Waals surface area contributed by atoms with Gasteiger partial charge < -0.3 is 14.2 Å². The SMILES string of the molecule is CC(C)CCCCCCCCCCCCCCCCCCC(=O)O[C@H](COC(=O)CCCCCCCCCCCCCC(C)C)COC(=O)CCCCCCCCCCCC(C)C. The van der Waals surface area contributed by atoms with Crippen LogP contribution in [0.3, 0.4) is 0 Å². The molecule has 0 aromatic heterocycles. The molecule has 0 aliphatic heterocycles. The summed E-state index contributed by atoms with van der Waals surface area (Å²) in [6, 6.07) is 0. The molecule has 6 nitrogen and oxygen atoms in total. The Balaban J connectivity index is 4.28. The number of carbonyl (C=O) groups is 3. The molecule has 0 amide bonds. The minimum Gasteiger partial charge on any atom is -0.462 e. The molecule has 0 aromatic carbocycles. The Morgan fingerprint density at radius 3 is 0.683 bits per heavy atom. The van der Waals surface area contributed by atoms with Gasteiger partial charge >= 0.3 is 17.9 Å². The fourth-order valence-electron chi connectivity index (χ4n) is 8.65. The van der Waals surface area contributed by atoms with Crippen LogP contribution in [0.5, 0.6) is 0 Å². The summed E-state index contributed by atoms with van der Waals surface area (Å²) in [5, 5.41) is 0. The Hall–Kier alpha value is -1.59. The first-order valence-corrected chi connectivity index (χ1v) is 28.1. The number of carbonyl (C=O) groups excluding carboxylic acids is 3. The molecule has 63 heavy (non-hydrogen) atoms. The molecule has 0 radical (unpaired) electrons. The summed E-state index contributed by atoms with van der Waals surface area (Å²) in [5.74, 6) is 1.64. The Bertz CT molecular complexity index is 976. The summed E-state index contributed by atoms with van der Waals surface area (Å²) in [6.45, 7) is 13.7. The van der Waals surface area contributed by atoms with Gasteiger partial charge in [0.25, 0.3) is 0 Å². The van der Waals surface area contributed by atoms with Crippen LogP contribution in [-0.2, 0) is 28.6 Å². The third kappa shape index (κ3) is 51.3. The Kier molecular flexibility index (Phi) is 47.1. The molecule has 0 unspecified atom stereocenters. The number of esters is 3. The Morgan fingerprint density at radius 2 is 0.460 bits per heavy atom. The zero-order chi connectivity index (χ0) is 46.3. The van der Waals surface area contributed by atoms with Crippen molar-refractivity contribution in [1.29, 1.82) is 0 Å². The zero-order valence-electron chi connectivity index (χ0n) is 43.4. The van der Waals surface area contributed by atoms with E-state index < -0.39 is 6.10 Å². The Labute approximate surface area is 393 Å². The molecule has 0 heterocycles. The summed E-state index contributed by atoms with van der Waals surface area (Å²) < 4.78 is 16.9. The highest BCUT2D eigenvalue weighted by atomic mass is 16.6. The normalized spacial score (nSPS) is 12.1. The molecule has 374 valence electrons. The average Bonchev–Trinajstić information content (AvgIpc) is 3.24. The van der Waals surface area contributed by atoms with Gasteiger partial charge in [-0.2, -0.15) is 0 Å². The summed E-state index contributed by atoms with van der Waals surface area (Å²) in [6.07, 6.45) is 49.5. The number of unbranched alkanes of at least 4 members (excludes halogenated alkanes) is 33. The van der Waals surface area contributed by atoms with Crippen molar-refractivity contribution in [2.75, 3.05) is 13.2 Å². The van der Waals surface area contributed by atoms with Crippen LogP contribution in [0.1, 0.15) is 311 Å². The number of hydrogen-bond acceptors (Lipinski definition) is 6. The number of ether oxygens (including phenoxy) is 3. The number of hydrogen-bond donors (Lipinski definition) is 0. The third-order valence-corrected chi connectivity index (χ3v) is 12.9. The van der Waals surface area contributed by atoms with E-state index in [-0.39, 0.29) is 31.1 Å². The lowest BCUT2D eigenvalue weighted by molar-refractivity contribution is -0.167. The Morgan fingerprint density at radius 1 is 0.270 bits per heavy atom. The van der Waals surface area contributed by atoms with Gasteiger partial charge in [0.1, 0.15) is 13.2 Å². The van der Waals surface area contributed by atoms with Gasteiger partial charge in [-0.15, -0.1) is 0 Å². The second kappa shape index (κ2) is 48.3. The third-order valence-electron chi connectivity index (χ3n) is 12.9. The maximum Gasteiger partial charge on any atom is 0.306 e. The lowest BCUT2D eigenvalue weighted by Crippen LogP contribution is -2.30.